The third-order valence-electron chi connectivity index (χ3n) is 5.63. The van der Waals surface area contributed by atoms with Crippen LogP contribution in [0.1, 0.15) is 36.4 Å². The van der Waals surface area contributed by atoms with Crippen LogP contribution in [0.15, 0.2) is 48.5 Å². The van der Waals surface area contributed by atoms with Crippen molar-refractivity contribution in [1.29, 1.82) is 0 Å². The smallest absolute Gasteiger partial charge is 0.221 e. The van der Waals surface area contributed by atoms with Crippen LogP contribution < -0.4 is 5.32 Å². The van der Waals surface area contributed by atoms with Gasteiger partial charge >= 0.3 is 0 Å². The molecule has 30 heavy (non-hydrogen) atoms. The normalized spacial score (nSPS) is 13.1. The minimum atomic E-state index is -0.0739. The number of amides is 2. The molecule has 0 unspecified atom stereocenters. The SMILES string of the molecule is CC(=O)Nc1ccc(-c2ccc(Cc3nn(C)c4c3CN(C(C)=O)CC4)cc2)cc1. The highest BCUT2D eigenvalue weighted by atomic mass is 16.2. The van der Waals surface area contributed by atoms with Crippen LogP contribution in [0.5, 0.6) is 0 Å². The van der Waals surface area contributed by atoms with Gasteiger partial charge in [-0.1, -0.05) is 36.4 Å². The van der Waals surface area contributed by atoms with Gasteiger partial charge in [0.25, 0.3) is 0 Å². The van der Waals surface area contributed by atoms with Crippen LogP contribution in [0.25, 0.3) is 11.1 Å². The van der Waals surface area contributed by atoms with Gasteiger partial charge in [0, 0.05) is 63.8 Å². The largest absolute Gasteiger partial charge is 0.338 e. The average Bonchev–Trinajstić information content (AvgIpc) is 3.03. The van der Waals surface area contributed by atoms with Crippen molar-refractivity contribution in [3.05, 3.63) is 71.0 Å². The number of carbonyl (C=O) groups excluding carboxylic acids is 2. The lowest BCUT2D eigenvalue weighted by atomic mass is 9.98. The average molecular weight is 402 g/mol. The molecule has 2 amide bonds. The third-order valence-corrected chi connectivity index (χ3v) is 5.63. The fourth-order valence-corrected chi connectivity index (χ4v) is 4.04. The van der Waals surface area contributed by atoms with E-state index in [0.29, 0.717) is 6.54 Å². The van der Waals surface area contributed by atoms with E-state index in [1.165, 1.54) is 23.7 Å². The van der Waals surface area contributed by atoms with Gasteiger partial charge in [-0.15, -0.1) is 0 Å². The van der Waals surface area contributed by atoms with E-state index in [1.807, 2.05) is 40.9 Å². The number of hydrogen-bond acceptors (Lipinski definition) is 3. The minimum Gasteiger partial charge on any atom is -0.338 e. The summed E-state index contributed by atoms with van der Waals surface area (Å²) in [6, 6.07) is 16.3. The van der Waals surface area contributed by atoms with E-state index in [2.05, 4.69) is 29.6 Å². The van der Waals surface area contributed by atoms with Gasteiger partial charge in [0.2, 0.25) is 11.8 Å². The molecule has 0 aliphatic carbocycles. The standard InChI is InChI=1S/C24H26N4O2/c1-16(29)25-21-10-8-20(9-11-21)19-6-4-18(5-7-19)14-23-22-15-28(17(2)30)13-12-24(22)27(3)26-23/h4-11H,12-15H2,1-3H3,(H,25,29). The van der Waals surface area contributed by atoms with Gasteiger partial charge in [-0.2, -0.15) is 5.10 Å². The summed E-state index contributed by atoms with van der Waals surface area (Å²) in [4.78, 5) is 24.9. The number of nitrogens with one attached hydrogen (secondary N) is 1. The summed E-state index contributed by atoms with van der Waals surface area (Å²) < 4.78 is 1.97. The molecule has 3 aromatic rings. The summed E-state index contributed by atoms with van der Waals surface area (Å²) >= 11 is 0. The van der Waals surface area contributed by atoms with Gasteiger partial charge in [0.1, 0.15) is 0 Å². The highest BCUT2D eigenvalue weighted by molar-refractivity contribution is 5.89. The molecule has 0 radical (unpaired) electrons. The number of fused-ring (bicyclic) bond motifs is 1. The van der Waals surface area contributed by atoms with E-state index in [4.69, 9.17) is 5.10 Å². The molecule has 0 atom stereocenters. The predicted molar refractivity (Wildman–Crippen MR) is 117 cm³/mol. The quantitative estimate of drug-likeness (QED) is 0.726. The number of anilines is 1. The molecular weight excluding hydrogens is 376 g/mol. The van der Waals surface area contributed by atoms with Gasteiger partial charge < -0.3 is 10.2 Å². The Morgan fingerprint density at radius 2 is 1.63 bits per heavy atom. The Kier molecular flexibility index (Phi) is 5.40. The first-order valence-electron chi connectivity index (χ1n) is 10.2. The topological polar surface area (TPSA) is 67.2 Å². The number of nitrogens with zero attached hydrogens (tertiary/aromatic N) is 3. The summed E-state index contributed by atoms with van der Waals surface area (Å²) in [5.41, 5.74) is 7.68. The minimum absolute atomic E-state index is 0.0739. The molecule has 0 spiro atoms. The summed E-state index contributed by atoms with van der Waals surface area (Å²) in [6.45, 7) is 4.54. The molecule has 154 valence electrons. The maximum Gasteiger partial charge on any atom is 0.221 e. The number of aryl methyl sites for hydroxylation is 1. The van der Waals surface area contributed by atoms with Crippen molar-refractivity contribution in [3.63, 3.8) is 0 Å². The Bertz CT molecular complexity index is 1080. The van der Waals surface area contributed by atoms with Gasteiger partial charge in [-0.3, -0.25) is 14.3 Å². The van der Waals surface area contributed by atoms with Crippen LogP contribution in [0.3, 0.4) is 0 Å². The monoisotopic (exact) mass is 402 g/mol. The summed E-state index contributed by atoms with van der Waals surface area (Å²) in [7, 11) is 1.99. The number of rotatable bonds is 4. The van der Waals surface area contributed by atoms with Crippen LogP contribution in [-0.4, -0.2) is 33.0 Å². The molecule has 0 fully saturated rings. The Labute approximate surface area is 176 Å². The van der Waals surface area contributed by atoms with Crippen LogP contribution in [0, 0.1) is 0 Å². The zero-order valence-corrected chi connectivity index (χ0v) is 17.6. The molecule has 1 aromatic heterocycles. The Balaban J connectivity index is 1.51. The molecule has 0 saturated carbocycles. The fourth-order valence-electron chi connectivity index (χ4n) is 4.04. The molecule has 6 heteroatoms. The molecule has 2 heterocycles. The summed E-state index contributed by atoms with van der Waals surface area (Å²) in [5.74, 6) is 0.0413. The highest BCUT2D eigenvalue weighted by Gasteiger charge is 2.25. The van der Waals surface area contributed by atoms with Crippen LogP contribution in [0.2, 0.25) is 0 Å². The van der Waals surface area contributed by atoms with Crippen LogP contribution >= 0.6 is 0 Å². The van der Waals surface area contributed by atoms with Gasteiger partial charge in [-0.05, 0) is 28.8 Å². The number of hydrogen-bond donors (Lipinski definition) is 1. The summed E-state index contributed by atoms with van der Waals surface area (Å²) in [5, 5.41) is 7.52. The van der Waals surface area contributed by atoms with Crippen LogP contribution in [0.4, 0.5) is 5.69 Å². The van der Waals surface area contributed by atoms with Crippen molar-refractivity contribution in [1.82, 2.24) is 14.7 Å². The third kappa shape index (κ3) is 4.13. The maximum atomic E-state index is 11.8. The molecule has 2 aromatic carbocycles. The first-order chi connectivity index (χ1) is 14.4. The van der Waals surface area contributed by atoms with Gasteiger partial charge in [0.05, 0.1) is 5.69 Å². The second kappa shape index (κ2) is 8.14. The lowest BCUT2D eigenvalue weighted by molar-refractivity contribution is -0.129. The lowest BCUT2D eigenvalue weighted by Crippen LogP contribution is -2.34. The van der Waals surface area contributed by atoms with Crippen molar-refractivity contribution < 1.29 is 9.59 Å². The molecule has 6 nitrogen and oxygen atoms in total. The maximum absolute atomic E-state index is 11.8. The summed E-state index contributed by atoms with van der Waals surface area (Å²) in [6.07, 6.45) is 1.60. The van der Waals surface area contributed by atoms with E-state index in [1.54, 1.807) is 6.92 Å². The van der Waals surface area contributed by atoms with E-state index in [9.17, 15) is 9.59 Å². The van der Waals surface area contributed by atoms with E-state index >= 15 is 0 Å². The van der Waals surface area contributed by atoms with Gasteiger partial charge in [-0.25, -0.2) is 0 Å². The molecule has 1 N–H and O–H groups in total. The predicted octanol–water partition coefficient (Wildman–Crippen LogP) is 3.54. The second-order valence-electron chi connectivity index (χ2n) is 7.82. The lowest BCUT2D eigenvalue weighted by Gasteiger charge is -2.26. The van der Waals surface area contributed by atoms with E-state index < -0.39 is 0 Å². The first kappa shape index (κ1) is 19.9. The fraction of sp³-hybridized carbons (Fsp3) is 0.292. The van der Waals surface area contributed by atoms with E-state index in [-0.39, 0.29) is 11.8 Å². The van der Waals surface area contributed by atoms with Crippen molar-refractivity contribution in [2.24, 2.45) is 7.05 Å². The van der Waals surface area contributed by atoms with Crippen molar-refractivity contribution in [3.8, 4) is 11.1 Å². The Morgan fingerprint density at radius 3 is 2.23 bits per heavy atom. The molecular formula is C24H26N4O2. The molecule has 4 rings (SSSR count). The first-order valence-corrected chi connectivity index (χ1v) is 10.2. The number of aromatic nitrogens is 2. The van der Waals surface area contributed by atoms with Crippen LogP contribution in [-0.2, 0) is 36.0 Å². The molecule has 0 bridgehead atoms. The second-order valence-corrected chi connectivity index (χ2v) is 7.82. The Hall–Kier alpha value is -3.41. The Morgan fingerprint density at radius 1 is 1.00 bits per heavy atom. The molecule has 1 aliphatic heterocycles. The van der Waals surface area contributed by atoms with Gasteiger partial charge in [0.15, 0.2) is 0 Å². The molecule has 1 aliphatic rings. The van der Waals surface area contributed by atoms with E-state index in [0.717, 1.165) is 41.9 Å². The zero-order chi connectivity index (χ0) is 21.3. The highest BCUT2D eigenvalue weighted by Crippen LogP contribution is 2.26. The molecule has 0 saturated heterocycles. The number of benzene rings is 2. The van der Waals surface area contributed by atoms with Crippen molar-refractivity contribution in [2.75, 3.05) is 11.9 Å². The van der Waals surface area contributed by atoms with Crippen molar-refractivity contribution >= 4 is 17.5 Å². The zero-order valence-electron chi connectivity index (χ0n) is 17.6. The van der Waals surface area contributed by atoms with Crippen molar-refractivity contribution in [2.45, 2.75) is 33.2 Å². The number of carbonyl (C=O) groups is 2.